The Bertz CT molecular complexity index is 491. The molecule has 3 N–H and O–H groups in total. The number of nitro groups is 1. The van der Waals surface area contributed by atoms with Crippen molar-refractivity contribution < 1.29 is 14.1 Å². The van der Waals surface area contributed by atoms with Gasteiger partial charge in [0.15, 0.2) is 0 Å². The van der Waals surface area contributed by atoms with E-state index in [0.717, 1.165) is 18.2 Å². The first-order chi connectivity index (χ1) is 8.86. The van der Waals surface area contributed by atoms with Gasteiger partial charge in [0.1, 0.15) is 5.82 Å². The Morgan fingerprint density at radius 2 is 2.16 bits per heavy atom. The van der Waals surface area contributed by atoms with Gasteiger partial charge in [0, 0.05) is 18.7 Å². The van der Waals surface area contributed by atoms with Crippen LogP contribution in [-0.2, 0) is 4.79 Å². The first-order valence-electron chi connectivity index (χ1n) is 5.81. The fourth-order valence-corrected chi connectivity index (χ4v) is 1.63. The molecule has 0 bridgehead atoms. The van der Waals surface area contributed by atoms with Gasteiger partial charge in [-0.05, 0) is 12.0 Å². The Balaban J connectivity index is 2.95. The first-order valence-corrected chi connectivity index (χ1v) is 5.81. The Hall–Kier alpha value is -2.02. The molecule has 6 nitrogen and oxygen atoms in total. The zero-order chi connectivity index (χ0) is 14.6. The number of nitrogens with two attached hydrogens (primary N) is 1. The zero-order valence-electron chi connectivity index (χ0n) is 10.7. The molecule has 1 rings (SSSR count). The Labute approximate surface area is 109 Å². The van der Waals surface area contributed by atoms with Gasteiger partial charge in [-0.15, -0.1) is 0 Å². The van der Waals surface area contributed by atoms with Crippen LogP contribution in [0.2, 0.25) is 0 Å². The molecule has 0 saturated carbocycles. The van der Waals surface area contributed by atoms with Crippen molar-refractivity contribution in [2.24, 2.45) is 17.6 Å². The van der Waals surface area contributed by atoms with E-state index >= 15 is 0 Å². The van der Waals surface area contributed by atoms with Crippen LogP contribution in [0.25, 0.3) is 0 Å². The summed E-state index contributed by atoms with van der Waals surface area (Å²) in [5.74, 6) is -1.65. The zero-order valence-corrected chi connectivity index (χ0v) is 10.7. The Kier molecular flexibility index (Phi) is 4.94. The topological polar surface area (TPSA) is 98.3 Å². The van der Waals surface area contributed by atoms with Gasteiger partial charge in [-0.1, -0.05) is 13.8 Å². The van der Waals surface area contributed by atoms with Crippen LogP contribution in [0.15, 0.2) is 18.2 Å². The number of hydrogen-bond acceptors (Lipinski definition) is 4. The molecule has 0 aliphatic carbocycles. The number of nitrogens with zero attached hydrogens (tertiary/aromatic N) is 1. The molecule has 0 fully saturated rings. The van der Waals surface area contributed by atoms with E-state index in [1.54, 1.807) is 0 Å². The number of hydrogen-bond donors (Lipinski definition) is 2. The standard InChI is InChI=1S/C12H16FN3O3/c1-7(2)9(6-14)12(17)15-11-5-8(16(18)19)3-4-10(11)13/h3-5,7,9H,6,14H2,1-2H3,(H,15,17). The predicted octanol–water partition coefficient (Wildman–Crippen LogP) is 1.90. The van der Waals surface area contributed by atoms with Gasteiger partial charge in [0.05, 0.1) is 16.5 Å². The van der Waals surface area contributed by atoms with E-state index in [4.69, 9.17) is 5.73 Å². The van der Waals surface area contributed by atoms with Crippen LogP contribution in [0.3, 0.4) is 0 Å². The Morgan fingerprint density at radius 3 is 2.63 bits per heavy atom. The number of rotatable bonds is 5. The SMILES string of the molecule is CC(C)C(CN)C(=O)Nc1cc([N+](=O)[O-])ccc1F. The van der Waals surface area contributed by atoms with E-state index in [-0.39, 0.29) is 23.8 Å². The summed E-state index contributed by atoms with van der Waals surface area (Å²) in [4.78, 5) is 21.8. The maximum absolute atomic E-state index is 13.5. The lowest BCUT2D eigenvalue weighted by Gasteiger charge is -2.18. The lowest BCUT2D eigenvalue weighted by molar-refractivity contribution is -0.384. The van der Waals surface area contributed by atoms with E-state index in [1.807, 2.05) is 13.8 Å². The molecular weight excluding hydrogens is 253 g/mol. The van der Waals surface area contributed by atoms with Crippen molar-refractivity contribution in [3.05, 3.63) is 34.1 Å². The summed E-state index contributed by atoms with van der Waals surface area (Å²) in [6.07, 6.45) is 0. The number of carbonyl (C=O) groups excluding carboxylic acids is 1. The summed E-state index contributed by atoms with van der Waals surface area (Å²) in [6, 6.07) is 2.97. The number of amides is 1. The van der Waals surface area contributed by atoms with E-state index in [0.29, 0.717) is 0 Å². The molecule has 19 heavy (non-hydrogen) atoms. The van der Waals surface area contributed by atoms with Crippen LogP contribution in [-0.4, -0.2) is 17.4 Å². The van der Waals surface area contributed by atoms with Gasteiger partial charge >= 0.3 is 0 Å². The van der Waals surface area contributed by atoms with Gasteiger partial charge in [-0.2, -0.15) is 0 Å². The molecule has 1 aromatic rings. The molecule has 0 saturated heterocycles. The quantitative estimate of drug-likeness (QED) is 0.630. The molecule has 1 amide bonds. The van der Waals surface area contributed by atoms with Crippen molar-refractivity contribution in [1.82, 2.24) is 0 Å². The molecule has 0 spiro atoms. The number of non-ortho nitro benzene ring substituents is 1. The highest BCUT2D eigenvalue weighted by Crippen LogP contribution is 2.22. The number of anilines is 1. The van der Waals surface area contributed by atoms with Crippen molar-refractivity contribution in [2.75, 3.05) is 11.9 Å². The molecule has 1 atom stereocenters. The molecule has 104 valence electrons. The highest BCUT2D eigenvalue weighted by molar-refractivity contribution is 5.93. The van der Waals surface area contributed by atoms with Gasteiger partial charge < -0.3 is 11.1 Å². The van der Waals surface area contributed by atoms with Crippen LogP contribution in [0, 0.1) is 27.8 Å². The summed E-state index contributed by atoms with van der Waals surface area (Å²) in [6.45, 7) is 3.77. The van der Waals surface area contributed by atoms with Crippen LogP contribution < -0.4 is 11.1 Å². The third kappa shape index (κ3) is 3.72. The minimum Gasteiger partial charge on any atom is -0.330 e. The third-order valence-corrected chi connectivity index (χ3v) is 2.81. The second kappa shape index (κ2) is 6.24. The van der Waals surface area contributed by atoms with Gasteiger partial charge in [-0.3, -0.25) is 14.9 Å². The number of benzene rings is 1. The molecule has 1 unspecified atom stereocenters. The minimum absolute atomic E-state index is 0.00763. The summed E-state index contributed by atoms with van der Waals surface area (Å²) >= 11 is 0. The smallest absolute Gasteiger partial charge is 0.271 e. The van der Waals surface area contributed by atoms with Crippen LogP contribution >= 0.6 is 0 Å². The average molecular weight is 269 g/mol. The minimum atomic E-state index is -0.724. The molecule has 0 heterocycles. The molecule has 1 aromatic carbocycles. The fraction of sp³-hybridized carbons (Fsp3) is 0.417. The number of halogens is 1. The molecule has 0 radical (unpaired) electrons. The molecule has 0 aromatic heterocycles. The molecule has 7 heteroatoms. The predicted molar refractivity (Wildman–Crippen MR) is 69.1 cm³/mol. The Morgan fingerprint density at radius 1 is 1.53 bits per heavy atom. The number of nitrogens with one attached hydrogen (secondary N) is 1. The number of nitro benzene ring substituents is 1. The van der Waals surface area contributed by atoms with Crippen LogP contribution in [0.1, 0.15) is 13.8 Å². The van der Waals surface area contributed by atoms with Gasteiger partial charge in [0.2, 0.25) is 5.91 Å². The second-order valence-corrected chi connectivity index (χ2v) is 4.50. The van der Waals surface area contributed by atoms with Crippen molar-refractivity contribution in [3.8, 4) is 0 Å². The van der Waals surface area contributed by atoms with E-state index in [1.165, 1.54) is 0 Å². The van der Waals surface area contributed by atoms with E-state index in [2.05, 4.69) is 5.32 Å². The monoisotopic (exact) mass is 269 g/mol. The maximum atomic E-state index is 13.5. The molecular formula is C12H16FN3O3. The summed E-state index contributed by atoms with van der Waals surface area (Å²) < 4.78 is 13.5. The second-order valence-electron chi connectivity index (χ2n) is 4.50. The average Bonchev–Trinajstić information content (AvgIpc) is 2.31. The third-order valence-electron chi connectivity index (χ3n) is 2.81. The highest BCUT2D eigenvalue weighted by atomic mass is 19.1. The fourth-order valence-electron chi connectivity index (χ4n) is 1.63. The van der Waals surface area contributed by atoms with Crippen molar-refractivity contribution >= 4 is 17.3 Å². The van der Waals surface area contributed by atoms with E-state index < -0.39 is 22.6 Å². The normalized spacial score (nSPS) is 12.3. The molecule has 0 aliphatic rings. The first kappa shape index (κ1) is 15.0. The summed E-state index contributed by atoms with van der Waals surface area (Å²) in [5.41, 5.74) is 4.99. The highest BCUT2D eigenvalue weighted by Gasteiger charge is 2.22. The largest absolute Gasteiger partial charge is 0.330 e. The van der Waals surface area contributed by atoms with Gasteiger partial charge in [-0.25, -0.2) is 4.39 Å². The van der Waals surface area contributed by atoms with Crippen LogP contribution in [0.5, 0.6) is 0 Å². The van der Waals surface area contributed by atoms with Gasteiger partial charge in [0.25, 0.3) is 5.69 Å². The molecule has 0 aliphatic heterocycles. The summed E-state index contributed by atoms with van der Waals surface area (Å²) in [7, 11) is 0. The number of carbonyl (C=O) groups is 1. The lowest BCUT2D eigenvalue weighted by atomic mass is 9.95. The van der Waals surface area contributed by atoms with Crippen molar-refractivity contribution in [1.29, 1.82) is 0 Å². The van der Waals surface area contributed by atoms with Crippen molar-refractivity contribution in [2.45, 2.75) is 13.8 Å². The lowest BCUT2D eigenvalue weighted by Crippen LogP contribution is -2.33. The van der Waals surface area contributed by atoms with Crippen LogP contribution in [0.4, 0.5) is 15.8 Å². The summed E-state index contributed by atoms with van der Waals surface area (Å²) in [5, 5.41) is 12.9. The maximum Gasteiger partial charge on any atom is 0.271 e. The van der Waals surface area contributed by atoms with Crippen molar-refractivity contribution in [3.63, 3.8) is 0 Å². The van der Waals surface area contributed by atoms with E-state index in [9.17, 15) is 19.3 Å².